The van der Waals surface area contributed by atoms with Crippen LogP contribution in [0, 0.1) is 0 Å². The number of amides is 2. The molecule has 0 saturated carbocycles. The van der Waals surface area contributed by atoms with Gasteiger partial charge in [-0.05, 0) is 84.9 Å². The average Bonchev–Trinajstić information content (AvgIpc) is 3.05. The lowest BCUT2D eigenvalue weighted by atomic mass is 10.0. The van der Waals surface area contributed by atoms with Gasteiger partial charge in [-0.2, -0.15) is 0 Å². The minimum Gasteiger partial charge on any atom is -0.478 e. The van der Waals surface area contributed by atoms with Crippen molar-refractivity contribution in [2.24, 2.45) is 0 Å². The van der Waals surface area contributed by atoms with Crippen molar-refractivity contribution in [3.8, 4) is 11.5 Å². The van der Waals surface area contributed by atoms with E-state index in [1.165, 1.54) is 36.4 Å². The Labute approximate surface area is 255 Å². The SMILES string of the molecule is COC(=O)c1ccc(C(=O)O)c(C(=O)Nc2ccc(Oc3ccc(NC(=O)c4cc(C(=O)OC)ccc4C(=O)O)cc3)cc2)c1. The van der Waals surface area contributed by atoms with Gasteiger partial charge >= 0.3 is 23.9 Å². The fraction of sp³-hybridized carbons (Fsp3) is 0.0625. The van der Waals surface area contributed by atoms with Gasteiger partial charge in [-0.3, -0.25) is 9.59 Å². The third-order valence-corrected chi connectivity index (χ3v) is 6.29. The summed E-state index contributed by atoms with van der Waals surface area (Å²) in [4.78, 5) is 72.6. The number of hydrogen-bond donors (Lipinski definition) is 4. The van der Waals surface area contributed by atoms with Crippen molar-refractivity contribution in [1.29, 1.82) is 0 Å². The summed E-state index contributed by atoms with van der Waals surface area (Å²) in [5, 5.41) is 24.1. The maximum absolute atomic E-state index is 12.9. The smallest absolute Gasteiger partial charge is 0.337 e. The van der Waals surface area contributed by atoms with Crippen LogP contribution in [-0.4, -0.2) is 60.1 Å². The molecule has 228 valence electrons. The Hall–Kier alpha value is -6.50. The molecule has 0 fully saturated rings. The Balaban J connectivity index is 1.42. The van der Waals surface area contributed by atoms with E-state index in [0.717, 1.165) is 38.5 Å². The normalized spacial score (nSPS) is 10.3. The number of ether oxygens (including phenoxy) is 3. The standard InChI is InChI=1S/C32H24N2O11/c1-43-31(41)17-3-13-23(29(37)38)25(15-17)27(35)33-19-5-9-21(10-6-19)45-22-11-7-20(8-12-22)34-28(36)26-16-18(32(42)44-2)4-14-24(26)30(39)40/h3-16H,1-2H3,(H,33,35)(H,34,36)(H,37,38)(H,39,40). The highest BCUT2D eigenvalue weighted by atomic mass is 16.5. The summed E-state index contributed by atoms with van der Waals surface area (Å²) in [6.45, 7) is 0. The first-order chi connectivity index (χ1) is 21.5. The molecule has 2 amide bonds. The number of carbonyl (C=O) groups excluding carboxylic acids is 4. The highest BCUT2D eigenvalue weighted by Crippen LogP contribution is 2.26. The molecule has 0 bridgehead atoms. The van der Waals surface area contributed by atoms with E-state index in [1.54, 1.807) is 24.3 Å². The Kier molecular flexibility index (Phi) is 9.54. The largest absolute Gasteiger partial charge is 0.478 e. The van der Waals surface area contributed by atoms with Gasteiger partial charge < -0.3 is 35.1 Å². The van der Waals surface area contributed by atoms with E-state index in [4.69, 9.17) is 4.74 Å². The summed E-state index contributed by atoms with van der Waals surface area (Å²) in [6.07, 6.45) is 0. The molecule has 0 aromatic heterocycles. The van der Waals surface area contributed by atoms with E-state index in [9.17, 15) is 39.0 Å². The summed E-state index contributed by atoms with van der Waals surface area (Å²) < 4.78 is 15.1. The first kappa shape index (κ1) is 31.4. The summed E-state index contributed by atoms with van der Waals surface area (Å²) in [6, 6.07) is 19.4. The maximum Gasteiger partial charge on any atom is 0.337 e. The van der Waals surface area contributed by atoms with Gasteiger partial charge in [-0.1, -0.05) is 0 Å². The molecule has 0 heterocycles. The van der Waals surface area contributed by atoms with Crippen LogP contribution in [0.5, 0.6) is 11.5 Å². The zero-order valence-corrected chi connectivity index (χ0v) is 23.7. The zero-order valence-electron chi connectivity index (χ0n) is 23.7. The summed E-state index contributed by atoms with van der Waals surface area (Å²) in [5.41, 5.74) is -0.376. The molecule has 4 aromatic carbocycles. The number of carboxylic acid groups (broad SMARTS) is 2. The molecule has 4 rings (SSSR count). The fourth-order valence-electron chi connectivity index (χ4n) is 4.07. The number of aromatic carboxylic acids is 2. The lowest BCUT2D eigenvalue weighted by molar-refractivity contribution is 0.0591. The van der Waals surface area contributed by atoms with E-state index >= 15 is 0 Å². The number of nitrogens with one attached hydrogen (secondary N) is 2. The Morgan fingerprint density at radius 3 is 1.18 bits per heavy atom. The molecule has 13 nitrogen and oxygen atoms in total. The van der Waals surface area contributed by atoms with E-state index in [0.29, 0.717) is 22.9 Å². The summed E-state index contributed by atoms with van der Waals surface area (Å²) >= 11 is 0. The molecule has 0 aliphatic carbocycles. The molecule has 0 atom stereocenters. The van der Waals surface area contributed by atoms with Crippen molar-refractivity contribution in [2.45, 2.75) is 0 Å². The van der Waals surface area contributed by atoms with Crippen LogP contribution in [0.3, 0.4) is 0 Å². The van der Waals surface area contributed by atoms with Crippen molar-refractivity contribution in [1.82, 2.24) is 0 Å². The molecule has 45 heavy (non-hydrogen) atoms. The van der Waals surface area contributed by atoms with Gasteiger partial charge in [-0.25, -0.2) is 19.2 Å². The predicted molar refractivity (Wildman–Crippen MR) is 158 cm³/mol. The number of esters is 2. The Morgan fingerprint density at radius 2 is 0.867 bits per heavy atom. The molecule has 0 radical (unpaired) electrons. The third kappa shape index (κ3) is 7.48. The van der Waals surface area contributed by atoms with Crippen LogP contribution < -0.4 is 15.4 Å². The predicted octanol–water partition coefficient (Wildman–Crippen LogP) is 4.95. The van der Waals surface area contributed by atoms with Crippen LogP contribution in [0.1, 0.15) is 62.1 Å². The molecular formula is C32H24N2O11. The van der Waals surface area contributed by atoms with Crippen molar-refractivity contribution in [3.05, 3.63) is 118 Å². The second-order valence-electron chi connectivity index (χ2n) is 9.17. The molecular weight excluding hydrogens is 588 g/mol. The van der Waals surface area contributed by atoms with Gasteiger partial charge in [0.1, 0.15) is 11.5 Å². The van der Waals surface area contributed by atoms with Crippen LogP contribution in [0.4, 0.5) is 11.4 Å². The average molecular weight is 613 g/mol. The number of anilines is 2. The molecule has 4 N–H and O–H groups in total. The van der Waals surface area contributed by atoms with Gasteiger partial charge in [-0.15, -0.1) is 0 Å². The topological polar surface area (TPSA) is 195 Å². The Morgan fingerprint density at radius 1 is 0.511 bits per heavy atom. The van der Waals surface area contributed by atoms with Crippen LogP contribution in [0.15, 0.2) is 84.9 Å². The molecule has 0 spiro atoms. The van der Waals surface area contributed by atoms with Gasteiger partial charge in [0, 0.05) is 11.4 Å². The van der Waals surface area contributed by atoms with Gasteiger partial charge in [0.2, 0.25) is 0 Å². The summed E-state index contributed by atoms with van der Waals surface area (Å²) in [5.74, 6) is -4.88. The van der Waals surface area contributed by atoms with E-state index in [-0.39, 0.29) is 33.4 Å². The lowest BCUT2D eigenvalue weighted by Crippen LogP contribution is -2.18. The van der Waals surface area contributed by atoms with E-state index < -0.39 is 35.7 Å². The van der Waals surface area contributed by atoms with Gasteiger partial charge in [0.05, 0.1) is 47.6 Å². The highest BCUT2D eigenvalue weighted by molar-refractivity contribution is 6.13. The van der Waals surface area contributed by atoms with Gasteiger partial charge in [0.25, 0.3) is 11.8 Å². The first-order valence-electron chi connectivity index (χ1n) is 12.9. The molecule has 0 unspecified atom stereocenters. The number of carboxylic acids is 2. The molecule has 0 aliphatic heterocycles. The summed E-state index contributed by atoms with van der Waals surface area (Å²) in [7, 11) is 2.33. The number of rotatable bonds is 10. The van der Waals surface area contributed by atoms with Crippen molar-refractivity contribution in [2.75, 3.05) is 24.9 Å². The van der Waals surface area contributed by atoms with Crippen LogP contribution in [0.2, 0.25) is 0 Å². The molecule has 0 saturated heterocycles. The minimum atomic E-state index is -1.34. The van der Waals surface area contributed by atoms with Crippen LogP contribution in [0.25, 0.3) is 0 Å². The number of hydrogen-bond acceptors (Lipinski definition) is 9. The van der Waals surface area contributed by atoms with E-state index in [2.05, 4.69) is 20.1 Å². The van der Waals surface area contributed by atoms with Gasteiger partial charge in [0.15, 0.2) is 0 Å². The maximum atomic E-state index is 12.9. The third-order valence-electron chi connectivity index (χ3n) is 6.29. The molecule has 0 aliphatic rings. The van der Waals surface area contributed by atoms with Crippen molar-refractivity contribution in [3.63, 3.8) is 0 Å². The monoisotopic (exact) mass is 612 g/mol. The van der Waals surface area contributed by atoms with Crippen LogP contribution in [-0.2, 0) is 9.47 Å². The van der Waals surface area contributed by atoms with Crippen LogP contribution >= 0.6 is 0 Å². The molecule has 13 heteroatoms. The number of carbonyl (C=O) groups is 6. The lowest BCUT2D eigenvalue weighted by Gasteiger charge is -2.11. The van der Waals surface area contributed by atoms with E-state index in [1.807, 2.05) is 0 Å². The number of benzene rings is 4. The fourth-order valence-corrected chi connectivity index (χ4v) is 4.07. The second kappa shape index (κ2) is 13.6. The quantitative estimate of drug-likeness (QED) is 0.177. The zero-order chi connectivity index (χ0) is 32.7. The van der Waals surface area contributed by atoms with Crippen molar-refractivity contribution < 1.29 is 53.2 Å². The minimum absolute atomic E-state index is 0.0137. The second-order valence-corrected chi connectivity index (χ2v) is 9.17. The highest BCUT2D eigenvalue weighted by Gasteiger charge is 2.21. The number of methoxy groups -OCH3 is 2. The Bertz CT molecular complexity index is 1680. The molecule has 4 aromatic rings. The van der Waals surface area contributed by atoms with Crippen molar-refractivity contribution >= 4 is 47.1 Å². The first-order valence-corrected chi connectivity index (χ1v) is 12.9.